The first-order valence-corrected chi connectivity index (χ1v) is 10.1. The maximum atomic E-state index is 12.5. The molecule has 1 aliphatic rings. The van der Waals surface area contributed by atoms with E-state index in [0.29, 0.717) is 13.0 Å². The lowest BCUT2D eigenvalue weighted by Gasteiger charge is -2.24. The molecule has 0 radical (unpaired) electrons. The summed E-state index contributed by atoms with van der Waals surface area (Å²) in [5, 5.41) is 1.81. The number of carbonyl (C=O) groups is 2. The van der Waals surface area contributed by atoms with Gasteiger partial charge in [-0.2, -0.15) is 18.2 Å². The zero-order valence-electron chi connectivity index (χ0n) is 18.2. The van der Waals surface area contributed by atoms with E-state index in [1.54, 1.807) is 27.7 Å². The highest BCUT2D eigenvalue weighted by Crippen LogP contribution is 2.26. The Bertz CT molecular complexity index is 1000. The van der Waals surface area contributed by atoms with E-state index >= 15 is 0 Å². The molecule has 176 valence electrons. The minimum atomic E-state index is -4.55. The van der Waals surface area contributed by atoms with Gasteiger partial charge in [0.2, 0.25) is 11.7 Å². The Labute approximate surface area is 182 Å². The topological polar surface area (TPSA) is 111 Å². The molecule has 3 heterocycles. The van der Waals surface area contributed by atoms with E-state index in [2.05, 4.69) is 15.0 Å². The summed E-state index contributed by atoms with van der Waals surface area (Å²) in [7, 11) is 0. The van der Waals surface area contributed by atoms with Gasteiger partial charge >= 0.3 is 12.3 Å². The summed E-state index contributed by atoms with van der Waals surface area (Å²) in [5.41, 5.74) is -0.204. The zero-order valence-corrected chi connectivity index (χ0v) is 18.2. The molecular formula is C19H25F3N6O4. The van der Waals surface area contributed by atoms with Crippen molar-refractivity contribution in [1.29, 1.82) is 0 Å². The van der Waals surface area contributed by atoms with E-state index in [1.807, 2.05) is 5.32 Å². The summed E-state index contributed by atoms with van der Waals surface area (Å²) < 4.78 is 50.1. The Morgan fingerprint density at radius 3 is 2.59 bits per heavy atom. The number of imidazole rings is 1. The quantitative estimate of drug-likeness (QED) is 0.733. The molecule has 32 heavy (non-hydrogen) atoms. The third-order valence-electron chi connectivity index (χ3n) is 4.54. The molecule has 1 saturated heterocycles. The van der Waals surface area contributed by atoms with Gasteiger partial charge in [-0.25, -0.2) is 14.8 Å². The van der Waals surface area contributed by atoms with Gasteiger partial charge in [-0.15, -0.1) is 0 Å². The van der Waals surface area contributed by atoms with Crippen LogP contribution in [-0.2, 0) is 11.3 Å². The molecule has 13 heteroatoms. The van der Waals surface area contributed by atoms with Gasteiger partial charge in [0.1, 0.15) is 24.6 Å². The van der Waals surface area contributed by atoms with Crippen LogP contribution in [0.4, 0.5) is 18.0 Å². The van der Waals surface area contributed by atoms with Crippen LogP contribution in [-0.4, -0.2) is 73.9 Å². The molecule has 0 unspecified atom stereocenters. The number of amides is 2. The zero-order chi connectivity index (χ0) is 23.7. The number of carbonyl (C=O) groups excluding carboxylic acids is 2. The number of hydrogen-bond acceptors (Lipinski definition) is 7. The van der Waals surface area contributed by atoms with Crippen LogP contribution in [0.3, 0.4) is 0 Å². The normalized spacial score (nSPS) is 17.0. The molecule has 2 amide bonds. The number of hydrogen-bond donors (Lipinski definition) is 1. The molecule has 2 aromatic rings. The van der Waals surface area contributed by atoms with Crippen LogP contribution in [0.5, 0.6) is 5.88 Å². The smallest absolute Gasteiger partial charge is 0.410 e. The number of halogens is 3. The fourth-order valence-corrected chi connectivity index (χ4v) is 3.21. The number of alkyl halides is 3. The van der Waals surface area contributed by atoms with E-state index in [-0.39, 0.29) is 36.0 Å². The molecule has 1 N–H and O–H groups in total. The van der Waals surface area contributed by atoms with Crippen molar-refractivity contribution < 1.29 is 32.2 Å². The average Bonchev–Trinajstić information content (AvgIpc) is 3.29. The monoisotopic (exact) mass is 458 g/mol. The lowest BCUT2D eigenvalue weighted by molar-refractivity contribution is -0.123. The van der Waals surface area contributed by atoms with E-state index in [9.17, 15) is 22.8 Å². The van der Waals surface area contributed by atoms with Gasteiger partial charge in [0.05, 0.1) is 6.54 Å². The van der Waals surface area contributed by atoms with Crippen LogP contribution < -0.4 is 10.1 Å². The van der Waals surface area contributed by atoms with Crippen molar-refractivity contribution in [3.63, 3.8) is 0 Å². The summed E-state index contributed by atoms with van der Waals surface area (Å²) in [6.45, 7) is 6.52. The van der Waals surface area contributed by atoms with Crippen molar-refractivity contribution in [3.8, 4) is 5.88 Å². The molecule has 0 spiro atoms. The molecule has 1 aliphatic heterocycles. The number of nitrogens with zero attached hydrogens (tertiary/aromatic N) is 5. The molecule has 2 aromatic heterocycles. The third-order valence-corrected chi connectivity index (χ3v) is 4.54. The maximum absolute atomic E-state index is 12.5. The van der Waals surface area contributed by atoms with Gasteiger partial charge in [0.15, 0.2) is 11.2 Å². The van der Waals surface area contributed by atoms with Crippen LogP contribution in [0.15, 0.2) is 6.33 Å². The van der Waals surface area contributed by atoms with Crippen LogP contribution >= 0.6 is 0 Å². The predicted molar refractivity (Wildman–Crippen MR) is 106 cm³/mol. The van der Waals surface area contributed by atoms with Gasteiger partial charge in [-0.3, -0.25) is 4.79 Å². The first-order valence-electron chi connectivity index (χ1n) is 10.1. The van der Waals surface area contributed by atoms with Crippen molar-refractivity contribution >= 4 is 23.2 Å². The Morgan fingerprint density at radius 2 is 1.97 bits per heavy atom. The largest absolute Gasteiger partial charge is 0.471 e. The molecule has 0 bridgehead atoms. The number of nitrogens with one attached hydrogen (secondary N) is 1. The highest BCUT2D eigenvalue weighted by Gasteiger charge is 2.33. The lowest BCUT2D eigenvalue weighted by Crippen LogP contribution is -2.36. The first kappa shape index (κ1) is 23.5. The van der Waals surface area contributed by atoms with Crippen molar-refractivity contribution in [3.05, 3.63) is 12.2 Å². The minimum absolute atomic E-state index is 0.0862. The van der Waals surface area contributed by atoms with Crippen molar-refractivity contribution in [1.82, 2.24) is 29.7 Å². The van der Waals surface area contributed by atoms with E-state index in [4.69, 9.17) is 9.47 Å². The summed E-state index contributed by atoms with van der Waals surface area (Å²) in [6, 6.07) is 0. The van der Waals surface area contributed by atoms with Crippen LogP contribution in [0.1, 0.15) is 44.7 Å². The number of aromatic nitrogens is 4. The number of fused-ring (bicyclic) bond motifs is 1. The van der Waals surface area contributed by atoms with Crippen LogP contribution in [0, 0.1) is 0 Å². The molecule has 3 rings (SSSR count). The van der Waals surface area contributed by atoms with E-state index < -0.39 is 36.4 Å². The van der Waals surface area contributed by atoms with Crippen molar-refractivity contribution in [2.45, 2.75) is 58.5 Å². The Kier molecular flexibility index (Phi) is 6.46. The highest BCUT2D eigenvalue weighted by atomic mass is 19.4. The summed E-state index contributed by atoms with van der Waals surface area (Å²) in [6.07, 6.45) is -3.64. The Morgan fingerprint density at radius 1 is 1.25 bits per heavy atom. The summed E-state index contributed by atoms with van der Waals surface area (Å²) >= 11 is 0. The van der Waals surface area contributed by atoms with Crippen LogP contribution in [0.2, 0.25) is 0 Å². The number of aryl methyl sites for hydroxylation is 1. The average molecular weight is 458 g/mol. The second kappa shape index (κ2) is 8.79. The molecule has 1 fully saturated rings. The second-order valence-corrected chi connectivity index (χ2v) is 8.28. The molecule has 1 atom stereocenters. The molecule has 0 saturated carbocycles. The SMILES string of the molecule is CCn1c(C(=O)NCC(F)(F)F)nc2c(O[C@H]3CCN(C(=O)OC(C)(C)C)C3)ncnc21. The fourth-order valence-electron chi connectivity index (χ4n) is 3.21. The molecule has 10 nitrogen and oxygen atoms in total. The lowest BCUT2D eigenvalue weighted by atomic mass is 10.2. The second-order valence-electron chi connectivity index (χ2n) is 8.28. The third kappa shape index (κ3) is 5.56. The van der Waals surface area contributed by atoms with E-state index in [0.717, 1.165) is 0 Å². The number of rotatable bonds is 5. The van der Waals surface area contributed by atoms with E-state index in [1.165, 1.54) is 15.8 Å². The molecular weight excluding hydrogens is 433 g/mol. The van der Waals surface area contributed by atoms with Gasteiger partial charge < -0.3 is 24.3 Å². The first-order chi connectivity index (χ1) is 14.9. The number of likely N-dealkylation sites (tertiary alicyclic amines) is 1. The molecule has 0 aliphatic carbocycles. The molecule has 0 aromatic carbocycles. The van der Waals surface area contributed by atoms with Crippen molar-refractivity contribution in [2.75, 3.05) is 19.6 Å². The highest BCUT2D eigenvalue weighted by molar-refractivity contribution is 5.95. The Hall–Kier alpha value is -3.12. The fraction of sp³-hybridized carbons (Fsp3) is 0.632. The minimum Gasteiger partial charge on any atom is -0.471 e. The van der Waals surface area contributed by atoms with Crippen molar-refractivity contribution in [2.24, 2.45) is 0 Å². The van der Waals surface area contributed by atoms with Gasteiger partial charge in [0, 0.05) is 19.5 Å². The van der Waals surface area contributed by atoms with Gasteiger partial charge in [-0.1, -0.05) is 0 Å². The van der Waals surface area contributed by atoms with Gasteiger partial charge in [0.25, 0.3) is 5.91 Å². The van der Waals surface area contributed by atoms with Crippen LogP contribution in [0.25, 0.3) is 11.2 Å². The summed E-state index contributed by atoms with van der Waals surface area (Å²) in [4.78, 5) is 38.4. The number of ether oxygens (including phenoxy) is 2. The standard InChI is InChI=1S/C19H25F3N6O4/c1-5-28-13-12(26-14(28)15(29)23-9-19(20,21)22)16(25-10-24-13)31-11-6-7-27(8-11)17(30)32-18(2,3)4/h10-11H,5-9H2,1-4H3,(H,23,29)/t11-/m0/s1. The Balaban J connectivity index is 1.78. The maximum Gasteiger partial charge on any atom is 0.410 e. The summed E-state index contributed by atoms with van der Waals surface area (Å²) in [5.74, 6) is -1.12. The van der Waals surface area contributed by atoms with Gasteiger partial charge in [-0.05, 0) is 27.7 Å². The predicted octanol–water partition coefficient (Wildman–Crippen LogP) is 2.53.